The Bertz CT molecular complexity index is 3120. The van der Waals surface area contributed by atoms with Crippen molar-refractivity contribution in [1.82, 2.24) is 4.98 Å². The van der Waals surface area contributed by atoms with Crippen LogP contribution in [0.3, 0.4) is 0 Å². The van der Waals surface area contributed by atoms with Gasteiger partial charge in [-0.15, -0.1) is 22.7 Å². The number of furan rings is 1. The van der Waals surface area contributed by atoms with E-state index in [9.17, 15) is 0 Å². The molecule has 11 aromatic rings. The third-order valence-corrected chi connectivity index (χ3v) is 12.1. The highest BCUT2D eigenvalue weighted by Gasteiger charge is 2.19. The first-order chi connectivity index (χ1) is 24.7. The molecule has 0 aliphatic heterocycles. The van der Waals surface area contributed by atoms with E-state index in [0.29, 0.717) is 0 Å². The van der Waals surface area contributed by atoms with Crippen molar-refractivity contribution >= 4 is 114 Å². The molecule has 0 unspecified atom stereocenters. The number of benzene rings is 8. The first-order valence-corrected chi connectivity index (χ1v) is 18.3. The van der Waals surface area contributed by atoms with E-state index in [-0.39, 0.29) is 0 Å². The first-order valence-electron chi connectivity index (χ1n) is 16.7. The molecule has 0 N–H and O–H groups in total. The summed E-state index contributed by atoms with van der Waals surface area (Å²) in [5.74, 6) is 0. The van der Waals surface area contributed by atoms with Crippen molar-refractivity contribution in [2.75, 3.05) is 4.90 Å². The fourth-order valence-electron chi connectivity index (χ4n) is 7.52. The Kier molecular flexibility index (Phi) is 5.99. The quantitative estimate of drug-likeness (QED) is 0.174. The normalized spacial score (nSPS) is 12.0. The number of nitrogens with zero attached hydrogens (tertiary/aromatic N) is 2. The predicted molar refractivity (Wildman–Crippen MR) is 215 cm³/mol. The van der Waals surface area contributed by atoms with Crippen LogP contribution < -0.4 is 4.90 Å². The Hall–Kier alpha value is -6.01. The smallest absolute Gasteiger partial charge is 0.135 e. The Morgan fingerprint density at radius 2 is 1.14 bits per heavy atom. The second kappa shape index (κ2) is 10.7. The summed E-state index contributed by atoms with van der Waals surface area (Å²) >= 11 is 3.62. The van der Waals surface area contributed by atoms with Crippen molar-refractivity contribution < 1.29 is 4.42 Å². The van der Waals surface area contributed by atoms with Crippen LogP contribution in [0.4, 0.5) is 17.1 Å². The van der Waals surface area contributed by atoms with Gasteiger partial charge >= 0.3 is 0 Å². The molecular formula is C45H26N2OS2. The van der Waals surface area contributed by atoms with Gasteiger partial charge in [0.25, 0.3) is 0 Å². The number of thiophene rings is 1. The summed E-state index contributed by atoms with van der Waals surface area (Å²) in [4.78, 5) is 7.44. The highest BCUT2D eigenvalue weighted by Crippen LogP contribution is 2.44. The summed E-state index contributed by atoms with van der Waals surface area (Å²) in [7, 11) is 0. The molecule has 0 aliphatic rings. The second-order valence-electron chi connectivity index (χ2n) is 12.8. The van der Waals surface area contributed by atoms with Crippen LogP contribution in [0.1, 0.15) is 0 Å². The van der Waals surface area contributed by atoms with Crippen LogP contribution in [0.25, 0.3) is 84.4 Å². The van der Waals surface area contributed by atoms with E-state index in [1.165, 1.54) is 46.4 Å². The van der Waals surface area contributed by atoms with Gasteiger partial charge in [-0.1, -0.05) is 97.1 Å². The molecule has 5 heteroatoms. The maximum Gasteiger partial charge on any atom is 0.135 e. The van der Waals surface area contributed by atoms with Gasteiger partial charge in [0.1, 0.15) is 16.2 Å². The third-order valence-electron chi connectivity index (χ3n) is 9.85. The van der Waals surface area contributed by atoms with Gasteiger partial charge in [-0.05, 0) is 76.8 Å². The Balaban J connectivity index is 1.13. The van der Waals surface area contributed by atoms with Gasteiger partial charge in [0.05, 0.1) is 10.2 Å². The summed E-state index contributed by atoms with van der Waals surface area (Å²) in [6, 6.07) is 56.7. The molecule has 0 spiro atoms. The topological polar surface area (TPSA) is 29.3 Å². The zero-order chi connectivity index (χ0) is 32.8. The van der Waals surface area contributed by atoms with Gasteiger partial charge in [-0.3, -0.25) is 0 Å². The SMILES string of the molecule is c1ccc(-c2nc3ccc4ccc5cc(N(c6ccc7c(c6)sc6ccccc67)c6ccc7oc8ccccc8c7c6)ccc5c4c3s2)cc1. The maximum absolute atomic E-state index is 6.23. The molecule has 234 valence electrons. The monoisotopic (exact) mass is 674 g/mol. The van der Waals surface area contributed by atoms with Crippen molar-refractivity contribution in [1.29, 1.82) is 0 Å². The largest absolute Gasteiger partial charge is 0.456 e. The van der Waals surface area contributed by atoms with Crippen LogP contribution in [0.2, 0.25) is 0 Å². The molecular weight excluding hydrogens is 649 g/mol. The van der Waals surface area contributed by atoms with E-state index in [1.54, 1.807) is 11.3 Å². The van der Waals surface area contributed by atoms with Crippen molar-refractivity contribution in [3.8, 4) is 10.6 Å². The second-order valence-corrected chi connectivity index (χ2v) is 14.8. The van der Waals surface area contributed by atoms with E-state index in [1.807, 2.05) is 23.5 Å². The van der Waals surface area contributed by atoms with E-state index in [0.717, 1.165) is 55.1 Å². The summed E-state index contributed by atoms with van der Waals surface area (Å²) in [5, 5.41) is 10.8. The zero-order valence-electron chi connectivity index (χ0n) is 26.6. The standard InChI is InChI=1S/C45H26N2OS2/c1-2-8-28(9-3-1)45-46-38-22-16-27-14-15-29-24-30(17-20-33(29)43(27)44(38)50-45)47(31-19-23-40-37(25-31)34-10-4-6-12-39(34)48-40)32-18-21-36-35-11-5-7-13-41(35)49-42(36)26-32/h1-26H. The summed E-state index contributed by atoms with van der Waals surface area (Å²) in [6.45, 7) is 0. The predicted octanol–water partition coefficient (Wildman–Crippen LogP) is 14.0. The number of para-hydroxylation sites is 1. The minimum Gasteiger partial charge on any atom is -0.456 e. The molecule has 0 amide bonds. The van der Waals surface area contributed by atoms with Gasteiger partial charge in [0.15, 0.2) is 0 Å². The molecule has 0 bridgehead atoms. The van der Waals surface area contributed by atoms with E-state index in [4.69, 9.17) is 9.40 Å². The van der Waals surface area contributed by atoms with E-state index >= 15 is 0 Å². The van der Waals surface area contributed by atoms with Crippen LogP contribution in [0, 0.1) is 0 Å². The molecule has 3 nitrogen and oxygen atoms in total. The number of hydrogen-bond donors (Lipinski definition) is 0. The molecule has 3 heterocycles. The Morgan fingerprint density at radius 3 is 2.06 bits per heavy atom. The molecule has 0 saturated heterocycles. The minimum absolute atomic E-state index is 0.892. The fraction of sp³-hybridized carbons (Fsp3) is 0. The van der Waals surface area contributed by atoms with Crippen molar-refractivity contribution in [2.45, 2.75) is 0 Å². The molecule has 0 fully saturated rings. The third kappa shape index (κ3) is 4.24. The zero-order valence-corrected chi connectivity index (χ0v) is 28.3. The van der Waals surface area contributed by atoms with Gasteiger partial charge in [-0.2, -0.15) is 0 Å². The van der Waals surface area contributed by atoms with Crippen LogP contribution in [0.15, 0.2) is 162 Å². The van der Waals surface area contributed by atoms with E-state index in [2.05, 4.69) is 150 Å². The highest BCUT2D eigenvalue weighted by atomic mass is 32.1. The van der Waals surface area contributed by atoms with Gasteiger partial charge in [0, 0.05) is 59.0 Å². The molecule has 3 aromatic heterocycles. The lowest BCUT2D eigenvalue weighted by molar-refractivity contribution is 0.669. The number of thiazole rings is 1. The lowest BCUT2D eigenvalue weighted by Gasteiger charge is -2.26. The maximum atomic E-state index is 6.23. The van der Waals surface area contributed by atoms with Gasteiger partial charge in [0.2, 0.25) is 0 Å². The molecule has 50 heavy (non-hydrogen) atoms. The van der Waals surface area contributed by atoms with E-state index < -0.39 is 0 Å². The number of aromatic nitrogens is 1. The molecule has 0 saturated carbocycles. The Labute approximate surface area is 294 Å². The summed E-state index contributed by atoms with van der Waals surface area (Å²) in [5.41, 5.74) is 7.29. The van der Waals surface area contributed by atoms with Crippen molar-refractivity contribution in [3.05, 3.63) is 158 Å². The molecule has 11 rings (SSSR count). The number of rotatable bonds is 4. The summed E-state index contributed by atoms with van der Waals surface area (Å²) in [6.07, 6.45) is 0. The average molecular weight is 675 g/mol. The molecule has 0 aliphatic carbocycles. The lowest BCUT2D eigenvalue weighted by atomic mass is 10.0. The van der Waals surface area contributed by atoms with Crippen LogP contribution >= 0.6 is 22.7 Å². The van der Waals surface area contributed by atoms with Gasteiger partial charge < -0.3 is 9.32 Å². The lowest BCUT2D eigenvalue weighted by Crippen LogP contribution is -2.09. The molecule has 8 aromatic carbocycles. The van der Waals surface area contributed by atoms with Gasteiger partial charge in [-0.25, -0.2) is 4.98 Å². The fourth-order valence-corrected chi connectivity index (χ4v) is 9.79. The Morgan fingerprint density at radius 1 is 0.460 bits per heavy atom. The highest BCUT2D eigenvalue weighted by molar-refractivity contribution is 7.25. The van der Waals surface area contributed by atoms with Crippen LogP contribution in [-0.4, -0.2) is 4.98 Å². The number of anilines is 3. The van der Waals surface area contributed by atoms with Crippen molar-refractivity contribution in [2.24, 2.45) is 0 Å². The number of fused-ring (bicyclic) bond motifs is 11. The summed E-state index contributed by atoms with van der Waals surface area (Å²) < 4.78 is 10.0. The molecule has 0 radical (unpaired) electrons. The minimum atomic E-state index is 0.892. The number of hydrogen-bond acceptors (Lipinski definition) is 5. The first kappa shape index (κ1) is 27.9. The molecule has 0 atom stereocenters. The van der Waals surface area contributed by atoms with Crippen molar-refractivity contribution in [3.63, 3.8) is 0 Å². The average Bonchev–Trinajstić information content (AvgIpc) is 3.88. The van der Waals surface area contributed by atoms with Crippen LogP contribution in [0.5, 0.6) is 0 Å². The van der Waals surface area contributed by atoms with Crippen LogP contribution in [-0.2, 0) is 0 Å².